The molecule has 0 bridgehead atoms. The highest BCUT2D eigenvalue weighted by atomic mass is 15.1. The third-order valence-corrected chi connectivity index (χ3v) is 2.44. The summed E-state index contributed by atoms with van der Waals surface area (Å²) in [6, 6.07) is 6.29. The summed E-state index contributed by atoms with van der Waals surface area (Å²) < 4.78 is 0. The SMILES string of the molecule is CCCN(CCC)c1cc(C)cc(N)c1. The van der Waals surface area contributed by atoms with Gasteiger partial charge in [0.05, 0.1) is 0 Å². The number of hydrogen-bond donors (Lipinski definition) is 1. The average molecular weight is 206 g/mol. The Labute approximate surface area is 93.1 Å². The molecule has 84 valence electrons. The van der Waals surface area contributed by atoms with E-state index in [0.29, 0.717) is 0 Å². The van der Waals surface area contributed by atoms with Crippen LogP contribution in [0.4, 0.5) is 11.4 Å². The van der Waals surface area contributed by atoms with E-state index in [-0.39, 0.29) is 0 Å². The fourth-order valence-corrected chi connectivity index (χ4v) is 1.88. The second kappa shape index (κ2) is 5.64. The molecule has 0 aliphatic heterocycles. The maximum absolute atomic E-state index is 5.86. The van der Waals surface area contributed by atoms with Crippen molar-refractivity contribution in [3.8, 4) is 0 Å². The number of nitrogens with zero attached hydrogens (tertiary/aromatic N) is 1. The van der Waals surface area contributed by atoms with E-state index in [2.05, 4.69) is 37.8 Å². The van der Waals surface area contributed by atoms with Gasteiger partial charge in [-0.05, 0) is 43.5 Å². The van der Waals surface area contributed by atoms with Gasteiger partial charge in [0.15, 0.2) is 0 Å². The Bertz CT molecular complexity index is 281. The van der Waals surface area contributed by atoms with Crippen LogP contribution in [0.5, 0.6) is 0 Å². The monoisotopic (exact) mass is 206 g/mol. The number of rotatable bonds is 5. The molecule has 0 unspecified atom stereocenters. The van der Waals surface area contributed by atoms with E-state index < -0.39 is 0 Å². The van der Waals surface area contributed by atoms with Crippen molar-refractivity contribution in [2.75, 3.05) is 23.7 Å². The minimum Gasteiger partial charge on any atom is -0.399 e. The first kappa shape index (κ1) is 11.9. The van der Waals surface area contributed by atoms with E-state index in [1.807, 2.05) is 6.07 Å². The Morgan fingerprint density at radius 1 is 1.07 bits per heavy atom. The van der Waals surface area contributed by atoms with E-state index in [0.717, 1.165) is 18.8 Å². The summed E-state index contributed by atoms with van der Waals surface area (Å²) in [7, 11) is 0. The molecule has 0 aromatic heterocycles. The van der Waals surface area contributed by atoms with Crippen LogP contribution in [0.1, 0.15) is 32.3 Å². The number of benzene rings is 1. The molecule has 0 radical (unpaired) electrons. The van der Waals surface area contributed by atoms with Gasteiger partial charge in [0.25, 0.3) is 0 Å². The Morgan fingerprint density at radius 3 is 2.13 bits per heavy atom. The van der Waals surface area contributed by atoms with Gasteiger partial charge in [-0.25, -0.2) is 0 Å². The Hall–Kier alpha value is -1.18. The molecule has 2 N–H and O–H groups in total. The van der Waals surface area contributed by atoms with Crippen LogP contribution in [-0.2, 0) is 0 Å². The van der Waals surface area contributed by atoms with E-state index in [4.69, 9.17) is 5.73 Å². The molecule has 2 nitrogen and oxygen atoms in total. The summed E-state index contributed by atoms with van der Waals surface area (Å²) in [5, 5.41) is 0. The van der Waals surface area contributed by atoms with Crippen LogP contribution in [0, 0.1) is 6.92 Å². The maximum Gasteiger partial charge on any atom is 0.0389 e. The molecule has 15 heavy (non-hydrogen) atoms. The molecule has 0 fully saturated rings. The average Bonchev–Trinajstić information content (AvgIpc) is 2.16. The fourth-order valence-electron chi connectivity index (χ4n) is 1.88. The van der Waals surface area contributed by atoms with Gasteiger partial charge in [0, 0.05) is 24.5 Å². The molecule has 0 aliphatic rings. The predicted molar refractivity (Wildman–Crippen MR) is 68.4 cm³/mol. The van der Waals surface area contributed by atoms with Crippen LogP contribution >= 0.6 is 0 Å². The van der Waals surface area contributed by atoms with E-state index in [1.54, 1.807) is 0 Å². The molecular formula is C13H22N2. The zero-order chi connectivity index (χ0) is 11.3. The van der Waals surface area contributed by atoms with Gasteiger partial charge in [-0.2, -0.15) is 0 Å². The van der Waals surface area contributed by atoms with Crippen LogP contribution in [0.3, 0.4) is 0 Å². The second-order valence-corrected chi connectivity index (χ2v) is 4.09. The summed E-state index contributed by atoms with van der Waals surface area (Å²) in [5.74, 6) is 0. The lowest BCUT2D eigenvalue weighted by Gasteiger charge is -2.24. The van der Waals surface area contributed by atoms with E-state index in [9.17, 15) is 0 Å². The molecule has 1 aromatic rings. The summed E-state index contributed by atoms with van der Waals surface area (Å²) in [4.78, 5) is 2.41. The van der Waals surface area contributed by atoms with Gasteiger partial charge in [-0.3, -0.25) is 0 Å². The first-order chi connectivity index (χ1) is 7.17. The lowest BCUT2D eigenvalue weighted by Crippen LogP contribution is -2.24. The molecule has 1 aromatic carbocycles. The van der Waals surface area contributed by atoms with Gasteiger partial charge < -0.3 is 10.6 Å². The van der Waals surface area contributed by atoms with Crippen molar-refractivity contribution in [2.45, 2.75) is 33.6 Å². The normalized spacial score (nSPS) is 10.3. The van der Waals surface area contributed by atoms with Crippen molar-refractivity contribution in [3.05, 3.63) is 23.8 Å². The molecule has 0 spiro atoms. The summed E-state index contributed by atoms with van der Waals surface area (Å²) in [6.07, 6.45) is 2.35. The Morgan fingerprint density at radius 2 is 1.67 bits per heavy atom. The van der Waals surface area contributed by atoms with Crippen LogP contribution < -0.4 is 10.6 Å². The summed E-state index contributed by atoms with van der Waals surface area (Å²) in [6.45, 7) is 8.73. The number of aryl methyl sites for hydroxylation is 1. The minimum absolute atomic E-state index is 0.863. The van der Waals surface area contributed by atoms with Gasteiger partial charge in [-0.1, -0.05) is 13.8 Å². The standard InChI is InChI=1S/C13H22N2/c1-4-6-15(7-5-2)13-9-11(3)8-12(14)10-13/h8-10H,4-7,14H2,1-3H3. The van der Waals surface area contributed by atoms with Gasteiger partial charge in [0.1, 0.15) is 0 Å². The van der Waals surface area contributed by atoms with Crippen LogP contribution in [-0.4, -0.2) is 13.1 Å². The molecule has 0 saturated carbocycles. The Kier molecular flexibility index (Phi) is 4.47. The third kappa shape index (κ3) is 3.46. The largest absolute Gasteiger partial charge is 0.399 e. The predicted octanol–water partition coefficient (Wildman–Crippen LogP) is 3.20. The summed E-state index contributed by atoms with van der Waals surface area (Å²) >= 11 is 0. The highest BCUT2D eigenvalue weighted by molar-refractivity contribution is 5.58. The Balaban J connectivity index is 2.88. The highest BCUT2D eigenvalue weighted by Gasteiger charge is 2.05. The third-order valence-electron chi connectivity index (χ3n) is 2.44. The lowest BCUT2D eigenvalue weighted by molar-refractivity contribution is 0.745. The van der Waals surface area contributed by atoms with Crippen molar-refractivity contribution in [3.63, 3.8) is 0 Å². The van der Waals surface area contributed by atoms with Crippen LogP contribution in [0.25, 0.3) is 0 Å². The molecule has 0 atom stereocenters. The minimum atomic E-state index is 0.863. The molecule has 2 heteroatoms. The first-order valence-electron chi connectivity index (χ1n) is 5.79. The molecule has 0 amide bonds. The van der Waals surface area contributed by atoms with Gasteiger partial charge in [0.2, 0.25) is 0 Å². The number of nitrogens with two attached hydrogens (primary N) is 1. The zero-order valence-electron chi connectivity index (χ0n) is 10.1. The van der Waals surface area contributed by atoms with Crippen molar-refractivity contribution in [1.29, 1.82) is 0 Å². The second-order valence-electron chi connectivity index (χ2n) is 4.09. The van der Waals surface area contributed by atoms with E-state index >= 15 is 0 Å². The number of anilines is 2. The van der Waals surface area contributed by atoms with Crippen molar-refractivity contribution < 1.29 is 0 Å². The maximum atomic E-state index is 5.86. The van der Waals surface area contributed by atoms with Crippen molar-refractivity contribution >= 4 is 11.4 Å². The zero-order valence-corrected chi connectivity index (χ0v) is 10.1. The first-order valence-corrected chi connectivity index (χ1v) is 5.79. The topological polar surface area (TPSA) is 29.3 Å². The van der Waals surface area contributed by atoms with Gasteiger partial charge >= 0.3 is 0 Å². The molecule has 0 heterocycles. The molecule has 1 rings (SSSR count). The quantitative estimate of drug-likeness (QED) is 0.750. The molecular weight excluding hydrogens is 184 g/mol. The highest BCUT2D eigenvalue weighted by Crippen LogP contribution is 2.20. The van der Waals surface area contributed by atoms with E-state index in [1.165, 1.54) is 24.1 Å². The fraction of sp³-hybridized carbons (Fsp3) is 0.538. The summed E-state index contributed by atoms with van der Waals surface area (Å²) in [5.41, 5.74) is 9.22. The number of nitrogen functional groups attached to an aromatic ring is 1. The lowest BCUT2D eigenvalue weighted by atomic mass is 10.1. The smallest absolute Gasteiger partial charge is 0.0389 e. The molecule has 0 saturated heterocycles. The van der Waals surface area contributed by atoms with Gasteiger partial charge in [-0.15, -0.1) is 0 Å². The van der Waals surface area contributed by atoms with Crippen LogP contribution in [0.2, 0.25) is 0 Å². The van der Waals surface area contributed by atoms with Crippen molar-refractivity contribution in [1.82, 2.24) is 0 Å². The van der Waals surface area contributed by atoms with Crippen molar-refractivity contribution in [2.24, 2.45) is 0 Å². The number of hydrogen-bond acceptors (Lipinski definition) is 2. The van der Waals surface area contributed by atoms with Crippen LogP contribution in [0.15, 0.2) is 18.2 Å². The molecule has 0 aliphatic carbocycles.